The van der Waals surface area contributed by atoms with Gasteiger partial charge in [-0.05, 0) is 57.5 Å². The van der Waals surface area contributed by atoms with Gasteiger partial charge in [0.25, 0.3) is 5.91 Å². The van der Waals surface area contributed by atoms with E-state index in [1.807, 2.05) is 13.0 Å². The van der Waals surface area contributed by atoms with Crippen molar-refractivity contribution >= 4 is 22.8 Å². The van der Waals surface area contributed by atoms with Gasteiger partial charge in [-0.25, -0.2) is 4.79 Å². The van der Waals surface area contributed by atoms with Crippen LogP contribution in [0.3, 0.4) is 0 Å². The van der Waals surface area contributed by atoms with Crippen LogP contribution in [0.25, 0.3) is 10.9 Å². The van der Waals surface area contributed by atoms with Crippen LogP contribution in [0.5, 0.6) is 0 Å². The molecule has 0 saturated carbocycles. The summed E-state index contributed by atoms with van der Waals surface area (Å²) in [6.07, 6.45) is 2.19. The highest BCUT2D eigenvalue weighted by Gasteiger charge is 2.36. The molecule has 2 saturated heterocycles. The average Bonchev–Trinajstić information content (AvgIpc) is 3.15. The van der Waals surface area contributed by atoms with Crippen LogP contribution in [0.4, 0.5) is 4.79 Å². The van der Waals surface area contributed by atoms with E-state index in [0.717, 1.165) is 37.1 Å². The minimum Gasteiger partial charge on any atom is -0.356 e. The Bertz CT molecular complexity index is 804. The first-order chi connectivity index (χ1) is 12.1. The largest absolute Gasteiger partial charge is 0.356 e. The van der Waals surface area contributed by atoms with E-state index in [2.05, 4.69) is 40.4 Å². The molecule has 2 N–H and O–H groups in total. The maximum Gasteiger partial charge on any atom is 0.325 e. The second kappa shape index (κ2) is 6.19. The minimum atomic E-state index is -0.300. The second-order valence-corrected chi connectivity index (χ2v) is 7.17. The van der Waals surface area contributed by atoms with Crippen LogP contribution in [0.2, 0.25) is 0 Å². The number of amides is 3. The number of H-pyrrole nitrogens is 1. The van der Waals surface area contributed by atoms with Crippen LogP contribution in [0.1, 0.15) is 43.0 Å². The van der Waals surface area contributed by atoms with E-state index in [4.69, 9.17) is 0 Å². The quantitative estimate of drug-likeness (QED) is 0.844. The molecule has 4 rings (SSSR count). The monoisotopic (exact) mass is 340 g/mol. The molecule has 25 heavy (non-hydrogen) atoms. The molecule has 0 bridgehead atoms. The van der Waals surface area contributed by atoms with Crippen molar-refractivity contribution in [2.45, 2.75) is 31.7 Å². The predicted molar refractivity (Wildman–Crippen MR) is 96.4 cm³/mol. The minimum absolute atomic E-state index is 0.0902. The number of urea groups is 1. The topological polar surface area (TPSA) is 68.4 Å². The molecular formula is C19H24N4O2. The van der Waals surface area contributed by atoms with E-state index in [1.54, 1.807) is 0 Å². The highest BCUT2D eigenvalue weighted by Crippen LogP contribution is 2.39. The van der Waals surface area contributed by atoms with Gasteiger partial charge >= 0.3 is 6.03 Å². The summed E-state index contributed by atoms with van der Waals surface area (Å²) in [6, 6.07) is 7.68. The van der Waals surface area contributed by atoms with E-state index in [1.165, 1.54) is 15.8 Å². The summed E-state index contributed by atoms with van der Waals surface area (Å²) < 4.78 is 0. The van der Waals surface area contributed by atoms with Gasteiger partial charge in [-0.1, -0.05) is 18.2 Å². The lowest BCUT2D eigenvalue weighted by atomic mass is 9.86. The number of benzene rings is 1. The number of rotatable bonds is 3. The van der Waals surface area contributed by atoms with Gasteiger partial charge in [0.2, 0.25) is 0 Å². The number of hydrogen-bond acceptors (Lipinski definition) is 3. The van der Waals surface area contributed by atoms with Crippen molar-refractivity contribution in [3.05, 3.63) is 35.5 Å². The Balaban J connectivity index is 1.79. The maximum atomic E-state index is 12.2. The van der Waals surface area contributed by atoms with E-state index < -0.39 is 0 Å². The Hall–Kier alpha value is -2.34. The highest BCUT2D eigenvalue weighted by atomic mass is 16.2. The van der Waals surface area contributed by atoms with Gasteiger partial charge in [0.05, 0.1) is 12.6 Å². The molecule has 0 spiro atoms. The summed E-state index contributed by atoms with van der Waals surface area (Å²) in [6.45, 7) is 4.17. The smallest absolute Gasteiger partial charge is 0.325 e. The Morgan fingerprint density at radius 3 is 2.56 bits per heavy atom. The number of hydrogen-bond donors (Lipinski definition) is 2. The molecule has 0 aliphatic carbocycles. The lowest BCUT2D eigenvalue weighted by molar-refractivity contribution is -0.126. The molecule has 132 valence electrons. The van der Waals surface area contributed by atoms with Crippen LogP contribution >= 0.6 is 0 Å². The van der Waals surface area contributed by atoms with Crippen molar-refractivity contribution in [2.24, 2.45) is 0 Å². The number of nitrogens with zero attached hydrogens (tertiary/aromatic N) is 2. The van der Waals surface area contributed by atoms with Gasteiger partial charge in [0.15, 0.2) is 0 Å². The van der Waals surface area contributed by atoms with Gasteiger partial charge < -0.3 is 15.2 Å². The van der Waals surface area contributed by atoms with Crippen LogP contribution in [0.15, 0.2) is 24.3 Å². The molecule has 0 radical (unpaired) electrons. The molecule has 2 aromatic rings. The first-order valence-corrected chi connectivity index (χ1v) is 8.95. The average molecular weight is 340 g/mol. The predicted octanol–water partition coefficient (Wildman–Crippen LogP) is 2.59. The maximum absolute atomic E-state index is 12.2. The number of nitrogens with one attached hydrogen (secondary N) is 2. The summed E-state index contributed by atoms with van der Waals surface area (Å²) >= 11 is 0. The van der Waals surface area contributed by atoms with Gasteiger partial charge in [-0.2, -0.15) is 0 Å². The van der Waals surface area contributed by atoms with Gasteiger partial charge in [0, 0.05) is 16.6 Å². The molecule has 6 nitrogen and oxygen atoms in total. The number of aromatic nitrogens is 1. The van der Waals surface area contributed by atoms with E-state index in [9.17, 15) is 9.59 Å². The Kier molecular flexibility index (Phi) is 4.00. The summed E-state index contributed by atoms with van der Waals surface area (Å²) in [4.78, 5) is 31.5. The summed E-state index contributed by atoms with van der Waals surface area (Å²) in [5.41, 5.74) is 3.36. The third-order valence-electron chi connectivity index (χ3n) is 5.59. The Morgan fingerprint density at radius 2 is 1.88 bits per heavy atom. The van der Waals surface area contributed by atoms with Crippen molar-refractivity contribution in [1.82, 2.24) is 20.1 Å². The van der Waals surface area contributed by atoms with Crippen LogP contribution < -0.4 is 5.32 Å². The molecule has 2 fully saturated rings. The first-order valence-electron chi connectivity index (χ1n) is 8.95. The number of piperidine rings is 1. The number of carbonyl (C=O) groups excluding carboxylic acids is 2. The number of imide groups is 1. The van der Waals surface area contributed by atoms with Crippen LogP contribution in [-0.4, -0.2) is 53.4 Å². The van der Waals surface area contributed by atoms with Crippen LogP contribution in [0, 0.1) is 0 Å². The summed E-state index contributed by atoms with van der Waals surface area (Å²) in [5, 5.41) is 3.84. The van der Waals surface area contributed by atoms with E-state index in [0.29, 0.717) is 5.92 Å². The van der Waals surface area contributed by atoms with Gasteiger partial charge in [-0.15, -0.1) is 0 Å². The molecule has 3 heterocycles. The number of likely N-dealkylation sites (tertiary alicyclic amines) is 1. The van der Waals surface area contributed by atoms with Gasteiger partial charge in [0.1, 0.15) is 0 Å². The normalized spacial score (nSPS) is 21.1. The van der Waals surface area contributed by atoms with Crippen molar-refractivity contribution in [2.75, 3.05) is 26.7 Å². The van der Waals surface area contributed by atoms with Crippen molar-refractivity contribution in [3.8, 4) is 0 Å². The molecular weight excluding hydrogens is 316 g/mol. The molecule has 1 atom stereocenters. The Labute approximate surface area is 147 Å². The van der Waals surface area contributed by atoms with E-state index >= 15 is 0 Å². The van der Waals surface area contributed by atoms with E-state index in [-0.39, 0.29) is 24.5 Å². The van der Waals surface area contributed by atoms with Crippen molar-refractivity contribution < 1.29 is 9.59 Å². The summed E-state index contributed by atoms with van der Waals surface area (Å²) in [5.74, 6) is 0.288. The first kappa shape index (κ1) is 16.1. The number of para-hydroxylation sites is 1. The Morgan fingerprint density at radius 1 is 1.16 bits per heavy atom. The molecule has 1 unspecified atom stereocenters. The zero-order valence-corrected chi connectivity index (χ0v) is 14.7. The van der Waals surface area contributed by atoms with Crippen molar-refractivity contribution in [3.63, 3.8) is 0 Å². The fourth-order valence-electron chi connectivity index (χ4n) is 4.21. The molecule has 1 aromatic carbocycles. The SMILES string of the molecule is CC(c1[nH]c2ccccc2c1C1CCN(C)CC1)N1C(=O)CNC1=O. The standard InChI is InChI=1S/C19H24N4O2/c1-12(23-16(24)11-20-19(23)25)18-17(13-7-9-22(2)10-8-13)14-5-3-4-6-15(14)21-18/h3-6,12-13,21H,7-11H2,1-2H3,(H,20,25). The number of carbonyl (C=O) groups is 2. The fraction of sp³-hybridized carbons (Fsp3) is 0.474. The third kappa shape index (κ3) is 2.70. The highest BCUT2D eigenvalue weighted by molar-refractivity contribution is 6.02. The van der Waals surface area contributed by atoms with Crippen LogP contribution in [-0.2, 0) is 4.79 Å². The molecule has 2 aliphatic rings. The molecule has 3 amide bonds. The molecule has 2 aliphatic heterocycles. The fourth-order valence-corrected chi connectivity index (χ4v) is 4.21. The summed E-state index contributed by atoms with van der Waals surface area (Å²) in [7, 11) is 2.15. The molecule has 6 heteroatoms. The number of aromatic amines is 1. The second-order valence-electron chi connectivity index (χ2n) is 7.17. The number of fused-ring (bicyclic) bond motifs is 1. The lowest BCUT2D eigenvalue weighted by Crippen LogP contribution is -2.35. The molecule has 1 aromatic heterocycles. The lowest BCUT2D eigenvalue weighted by Gasteiger charge is -2.31. The van der Waals surface area contributed by atoms with Crippen molar-refractivity contribution in [1.29, 1.82) is 0 Å². The zero-order chi connectivity index (χ0) is 17.6. The zero-order valence-electron chi connectivity index (χ0n) is 14.7. The third-order valence-corrected chi connectivity index (χ3v) is 5.59. The van der Waals surface area contributed by atoms with Gasteiger partial charge in [-0.3, -0.25) is 9.69 Å².